The van der Waals surface area contributed by atoms with Gasteiger partial charge in [-0.3, -0.25) is 4.79 Å². The van der Waals surface area contributed by atoms with E-state index in [4.69, 9.17) is 0 Å². The number of aromatic nitrogens is 2. The molecule has 1 heterocycles. The van der Waals surface area contributed by atoms with Crippen molar-refractivity contribution < 1.29 is 26.4 Å². The number of sulfonamides is 1. The van der Waals surface area contributed by atoms with Gasteiger partial charge in [-0.25, -0.2) is 13.1 Å². The van der Waals surface area contributed by atoms with E-state index in [1.54, 1.807) is 24.6 Å². The lowest BCUT2D eigenvalue weighted by molar-refractivity contribution is -0.137. The Balaban J connectivity index is 1.95. The molecule has 0 unspecified atom stereocenters. The smallest absolute Gasteiger partial charge is 0.309 e. The fourth-order valence-corrected chi connectivity index (χ4v) is 5.38. The SMILES string of the molecule is Cc1cccc(-n2nc(C(C)(C)C)cc2NC(=O)CN(CC(C)C)S(=O)(=O)c2cccc(C(F)(F)F)c2)c1. The molecule has 11 heteroatoms. The van der Waals surface area contributed by atoms with Gasteiger partial charge in [-0.1, -0.05) is 52.8 Å². The summed E-state index contributed by atoms with van der Waals surface area (Å²) in [6.07, 6.45) is -4.70. The van der Waals surface area contributed by atoms with E-state index in [1.165, 1.54) is 0 Å². The van der Waals surface area contributed by atoms with Crippen molar-refractivity contribution in [1.82, 2.24) is 14.1 Å². The number of carbonyl (C=O) groups excluding carboxylic acids is 1. The number of carbonyl (C=O) groups is 1. The van der Waals surface area contributed by atoms with Crippen molar-refractivity contribution in [3.63, 3.8) is 0 Å². The van der Waals surface area contributed by atoms with Gasteiger partial charge in [-0.2, -0.15) is 22.6 Å². The van der Waals surface area contributed by atoms with Crippen LogP contribution in [0, 0.1) is 12.8 Å². The minimum atomic E-state index is -4.70. The number of nitrogens with one attached hydrogen (secondary N) is 1. The molecule has 1 amide bonds. The van der Waals surface area contributed by atoms with Crippen molar-refractivity contribution in [1.29, 1.82) is 0 Å². The standard InChI is InChI=1S/C27H33F3N4O3S/c1-18(2)16-33(38(36,37)22-12-8-10-20(14-22)27(28,29)30)17-25(35)31-24-15-23(26(4,5)6)32-34(24)21-11-7-9-19(3)13-21/h7-15,18H,16-17H2,1-6H3,(H,31,35). The van der Waals surface area contributed by atoms with Crippen LogP contribution >= 0.6 is 0 Å². The van der Waals surface area contributed by atoms with Gasteiger partial charge in [0.2, 0.25) is 15.9 Å². The minimum Gasteiger partial charge on any atom is -0.309 e. The van der Waals surface area contributed by atoms with Crippen molar-refractivity contribution in [3.8, 4) is 5.69 Å². The molecule has 2 aromatic carbocycles. The van der Waals surface area contributed by atoms with Crippen molar-refractivity contribution in [2.75, 3.05) is 18.4 Å². The Kier molecular flexibility index (Phi) is 8.42. The molecule has 0 radical (unpaired) electrons. The van der Waals surface area contributed by atoms with Crippen LogP contribution in [0.1, 0.15) is 51.4 Å². The number of halogens is 3. The first-order chi connectivity index (χ1) is 17.5. The summed E-state index contributed by atoms with van der Waals surface area (Å²) in [7, 11) is -4.40. The zero-order valence-corrected chi connectivity index (χ0v) is 23.1. The lowest BCUT2D eigenvalue weighted by atomic mass is 9.92. The molecule has 0 atom stereocenters. The molecule has 7 nitrogen and oxygen atoms in total. The molecule has 0 saturated heterocycles. The number of hydrogen-bond acceptors (Lipinski definition) is 4. The van der Waals surface area contributed by atoms with E-state index in [1.807, 2.05) is 52.0 Å². The first kappa shape index (κ1) is 29.4. The maximum atomic E-state index is 13.4. The zero-order valence-electron chi connectivity index (χ0n) is 22.3. The number of rotatable bonds is 8. The molecule has 0 aliphatic heterocycles. The monoisotopic (exact) mass is 550 g/mol. The summed E-state index contributed by atoms with van der Waals surface area (Å²) in [6, 6.07) is 12.8. The van der Waals surface area contributed by atoms with Gasteiger partial charge in [0.15, 0.2) is 0 Å². The molecule has 38 heavy (non-hydrogen) atoms. The average Bonchev–Trinajstić information content (AvgIpc) is 3.22. The van der Waals surface area contributed by atoms with Crippen LogP contribution in [-0.2, 0) is 26.4 Å². The Morgan fingerprint density at radius 1 is 1.05 bits per heavy atom. The number of alkyl halides is 3. The number of amides is 1. The minimum absolute atomic E-state index is 0.0591. The molecule has 206 valence electrons. The molecule has 0 aliphatic carbocycles. The van der Waals surface area contributed by atoms with Crippen LogP contribution in [0.3, 0.4) is 0 Å². The third kappa shape index (κ3) is 7.02. The van der Waals surface area contributed by atoms with Crippen molar-refractivity contribution in [3.05, 3.63) is 71.4 Å². The van der Waals surface area contributed by atoms with Crippen LogP contribution in [0.4, 0.5) is 19.0 Å². The number of aryl methyl sites for hydroxylation is 1. The van der Waals surface area contributed by atoms with Gasteiger partial charge in [0.05, 0.1) is 28.4 Å². The Bertz CT molecular complexity index is 1410. The van der Waals surface area contributed by atoms with Gasteiger partial charge in [0, 0.05) is 18.0 Å². The Labute approximate surface area is 221 Å². The molecule has 0 bridgehead atoms. The van der Waals surface area contributed by atoms with Gasteiger partial charge >= 0.3 is 6.18 Å². The summed E-state index contributed by atoms with van der Waals surface area (Å²) in [5.41, 5.74) is 1.01. The van der Waals surface area contributed by atoms with Crippen molar-refractivity contribution >= 4 is 21.7 Å². The lowest BCUT2D eigenvalue weighted by Gasteiger charge is -2.24. The lowest BCUT2D eigenvalue weighted by Crippen LogP contribution is -2.40. The Morgan fingerprint density at radius 3 is 2.29 bits per heavy atom. The molecule has 1 N–H and O–H groups in total. The van der Waals surface area contributed by atoms with Gasteiger partial charge in [-0.05, 0) is 48.7 Å². The van der Waals surface area contributed by atoms with Gasteiger partial charge < -0.3 is 5.32 Å². The molecule has 3 aromatic rings. The summed E-state index contributed by atoms with van der Waals surface area (Å²) in [4.78, 5) is 12.7. The van der Waals surface area contributed by atoms with Crippen LogP contribution in [0.25, 0.3) is 5.69 Å². The van der Waals surface area contributed by atoms with Crippen LogP contribution in [0.5, 0.6) is 0 Å². The number of nitrogens with zero attached hydrogens (tertiary/aromatic N) is 3. The van der Waals surface area contributed by atoms with E-state index < -0.39 is 39.1 Å². The van der Waals surface area contributed by atoms with E-state index in [0.29, 0.717) is 23.3 Å². The quantitative estimate of drug-likeness (QED) is 0.385. The van der Waals surface area contributed by atoms with E-state index >= 15 is 0 Å². The zero-order chi connectivity index (χ0) is 28.5. The fourth-order valence-electron chi connectivity index (χ4n) is 3.77. The largest absolute Gasteiger partial charge is 0.416 e. The second-order valence-electron chi connectivity index (χ2n) is 10.7. The van der Waals surface area contributed by atoms with Crippen LogP contribution < -0.4 is 5.32 Å². The highest BCUT2D eigenvalue weighted by atomic mass is 32.2. The number of anilines is 1. The predicted octanol–water partition coefficient (Wildman–Crippen LogP) is 5.78. The molecule has 0 saturated carbocycles. The highest BCUT2D eigenvalue weighted by Gasteiger charge is 2.34. The first-order valence-electron chi connectivity index (χ1n) is 12.1. The van der Waals surface area contributed by atoms with E-state index in [-0.39, 0.29) is 17.9 Å². The normalized spacial score (nSPS) is 12.8. The molecule has 0 spiro atoms. The third-order valence-electron chi connectivity index (χ3n) is 5.68. The van der Waals surface area contributed by atoms with Crippen LogP contribution in [0.2, 0.25) is 0 Å². The summed E-state index contributed by atoms with van der Waals surface area (Å²) in [5.74, 6) is -0.476. The molecule has 3 rings (SSSR count). The average molecular weight is 551 g/mol. The summed E-state index contributed by atoms with van der Waals surface area (Å²) < 4.78 is 68.9. The van der Waals surface area contributed by atoms with Crippen molar-refractivity contribution in [2.24, 2.45) is 5.92 Å². The summed E-state index contributed by atoms with van der Waals surface area (Å²) >= 11 is 0. The van der Waals surface area contributed by atoms with E-state index in [0.717, 1.165) is 28.1 Å². The first-order valence-corrected chi connectivity index (χ1v) is 13.6. The summed E-state index contributed by atoms with van der Waals surface area (Å²) in [5, 5.41) is 7.43. The summed E-state index contributed by atoms with van der Waals surface area (Å²) in [6.45, 7) is 10.7. The van der Waals surface area contributed by atoms with Crippen molar-refractivity contribution in [2.45, 2.75) is 58.0 Å². The second kappa shape index (κ2) is 10.9. The van der Waals surface area contributed by atoms with Crippen LogP contribution in [0.15, 0.2) is 59.5 Å². The Morgan fingerprint density at radius 2 is 1.71 bits per heavy atom. The maximum Gasteiger partial charge on any atom is 0.416 e. The van der Waals surface area contributed by atoms with Crippen LogP contribution in [-0.4, -0.2) is 41.5 Å². The Hall–Kier alpha value is -3.18. The molecular formula is C27H33F3N4O3S. The molecule has 0 aliphatic rings. The predicted molar refractivity (Wildman–Crippen MR) is 141 cm³/mol. The topological polar surface area (TPSA) is 84.3 Å². The van der Waals surface area contributed by atoms with Gasteiger partial charge in [-0.15, -0.1) is 0 Å². The van der Waals surface area contributed by atoms with E-state index in [9.17, 15) is 26.4 Å². The molecule has 0 fully saturated rings. The highest BCUT2D eigenvalue weighted by molar-refractivity contribution is 7.89. The number of hydrogen-bond donors (Lipinski definition) is 1. The second-order valence-corrected chi connectivity index (χ2v) is 12.6. The van der Waals surface area contributed by atoms with E-state index in [2.05, 4.69) is 10.4 Å². The van der Waals surface area contributed by atoms with Gasteiger partial charge in [0.1, 0.15) is 5.82 Å². The molecule has 1 aromatic heterocycles. The highest BCUT2D eigenvalue weighted by Crippen LogP contribution is 2.31. The molecular weight excluding hydrogens is 517 g/mol. The maximum absolute atomic E-state index is 13.4. The third-order valence-corrected chi connectivity index (χ3v) is 7.49. The fraction of sp³-hybridized carbons (Fsp3) is 0.407. The van der Waals surface area contributed by atoms with Gasteiger partial charge in [0.25, 0.3) is 0 Å². The number of benzene rings is 2.